The number of methoxy groups -OCH3 is 1. The molecule has 2 rings (SSSR count). The smallest absolute Gasteiger partial charge is 0.119 e. The first-order chi connectivity index (χ1) is 10.8. The second-order valence-electron chi connectivity index (χ2n) is 4.69. The van der Waals surface area contributed by atoms with Crippen molar-refractivity contribution in [3.05, 3.63) is 48.5 Å². The molecule has 3 nitrogen and oxygen atoms in total. The van der Waals surface area contributed by atoms with Gasteiger partial charge in [-0.05, 0) is 55.0 Å². The molecule has 2 aromatic rings. The van der Waals surface area contributed by atoms with Gasteiger partial charge >= 0.3 is 0 Å². The maximum absolute atomic E-state index is 5.70. The van der Waals surface area contributed by atoms with Gasteiger partial charge in [0.25, 0.3) is 0 Å². The van der Waals surface area contributed by atoms with Gasteiger partial charge in [-0.3, -0.25) is 0 Å². The molecular weight excluding hydrogens is 296 g/mol. The largest absolute Gasteiger partial charge is 0.497 e. The van der Waals surface area contributed by atoms with Crippen molar-refractivity contribution in [3.8, 4) is 17.2 Å². The van der Waals surface area contributed by atoms with Crippen LogP contribution in [0, 0.1) is 0 Å². The topological polar surface area (TPSA) is 27.7 Å². The van der Waals surface area contributed by atoms with Crippen LogP contribution in [0.2, 0.25) is 0 Å². The van der Waals surface area contributed by atoms with Crippen molar-refractivity contribution in [3.63, 3.8) is 0 Å². The number of hydrogen-bond acceptors (Lipinski definition) is 4. The zero-order valence-electron chi connectivity index (χ0n) is 13.1. The van der Waals surface area contributed by atoms with E-state index in [4.69, 9.17) is 14.2 Å². The second-order valence-corrected chi connectivity index (χ2v) is 5.86. The van der Waals surface area contributed by atoms with E-state index in [-0.39, 0.29) is 0 Å². The number of ether oxygens (including phenoxy) is 3. The van der Waals surface area contributed by atoms with Crippen molar-refractivity contribution in [1.29, 1.82) is 0 Å². The van der Waals surface area contributed by atoms with E-state index in [1.807, 2.05) is 36.4 Å². The lowest BCUT2D eigenvalue weighted by Gasteiger charge is -2.08. The number of benzene rings is 2. The summed E-state index contributed by atoms with van der Waals surface area (Å²) in [5, 5.41) is 0. The molecule has 0 N–H and O–H groups in total. The standard InChI is InChI=1S/C18H22O3S/c1-3-12-20-17-8-10-18(11-9-17)22-14-13-21-16-6-4-15(19-2)5-7-16/h4-11H,3,12-14H2,1-2H3. The third kappa shape index (κ3) is 5.53. The molecule has 22 heavy (non-hydrogen) atoms. The lowest BCUT2D eigenvalue weighted by molar-refractivity contribution is 0.317. The maximum atomic E-state index is 5.70. The lowest BCUT2D eigenvalue weighted by atomic mass is 10.3. The predicted octanol–water partition coefficient (Wildman–Crippen LogP) is 4.66. The molecule has 2 aromatic carbocycles. The summed E-state index contributed by atoms with van der Waals surface area (Å²) in [6.45, 7) is 3.54. The highest BCUT2D eigenvalue weighted by Crippen LogP contribution is 2.22. The first kappa shape index (κ1) is 16.6. The third-order valence-electron chi connectivity index (χ3n) is 2.98. The van der Waals surface area contributed by atoms with Crippen LogP contribution in [0.1, 0.15) is 13.3 Å². The molecule has 0 saturated carbocycles. The Bertz CT molecular complexity index is 537. The van der Waals surface area contributed by atoms with E-state index in [9.17, 15) is 0 Å². The lowest BCUT2D eigenvalue weighted by Crippen LogP contribution is -2.00. The van der Waals surface area contributed by atoms with Gasteiger partial charge < -0.3 is 14.2 Å². The molecule has 0 fully saturated rings. The van der Waals surface area contributed by atoms with Gasteiger partial charge in [-0.1, -0.05) is 6.92 Å². The summed E-state index contributed by atoms with van der Waals surface area (Å²) < 4.78 is 16.4. The second kappa shape index (κ2) is 9.26. The van der Waals surface area contributed by atoms with Crippen molar-refractivity contribution >= 4 is 11.8 Å². The Kier molecular flexibility index (Phi) is 6.97. The zero-order chi connectivity index (χ0) is 15.6. The van der Waals surface area contributed by atoms with E-state index in [0.717, 1.165) is 36.0 Å². The van der Waals surface area contributed by atoms with Crippen molar-refractivity contribution in [2.24, 2.45) is 0 Å². The van der Waals surface area contributed by atoms with E-state index >= 15 is 0 Å². The first-order valence-electron chi connectivity index (χ1n) is 7.44. The van der Waals surface area contributed by atoms with Crippen LogP contribution >= 0.6 is 11.8 Å². The molecule has 0 saturated heterocycles. The summed E-state index contributed by atoms with van der Waals surface area (Å²) >= 11 is 1.77. The molecular formula is C18H22O3S. The van der Waals surface area contributed by atoms with Gasteiger partial charge in [0.15, 0.2) is 0 Å². The minimum atomic E-state index is 0.672. The zero-order valence-corrected chi connectivity index (χ0v) is 13.9. The van der Waals surface area contributed by atoms with E-state index in [2.05, 4.69) is 19.1 Å². The number of rotatable bonds is 9. The molecule has 0 bridgehead atoms. The van der Waals surface area contributed by atoms with E-state index < -0.39 is 0 Å². The van der Waals surface area contributed by atoms with Crippen LogP contribution in [0.3, 0.4) is 0 Å². The molecule has 118 valence electrons. The summed E-state index contributed by atoms with van der Waals surface area (Å²) in [7, 11) is 1.66. The molecule has 0 heterocycles. The molecule has 4 heteroatoms. The van der Waals surface area contributed by atoms with Crippen LogP contribution < -0.4 is 14.2 Å². The van der Waals surface area contributed by atoms with Crippen molar-refractivity contribution in [2.75, 3.05) is 26.1 Å². The molecule has 0 aliphatic carbocycles. The van der Waals surface area contributed by atoms with Gasteiger partial charge in [0, 0.05) is 10.6 Å². The Labute approximate surface area is 136 Å². The highest BCUT2D eigenvalue weighted by Gasteiger charge is 1.98. The number of thioether (sulfide) groups is 1. The fourth-order valence-electron chi connectivity index (χ4n) is 1.84. The van der Waals surface area contributed by atoms with E-state index in [1.54, 1.807) is 18.9 Å². The van der Waals surface area contributed by atoms with Crippen molar-refractivity contribution < 1.29 is 14.2 Å². The molecule has 0 aliphatic rings. The minimum Gasteiger partial charge on any atom is -0.497 e. The molecule has 0 atom stereocenters. The summed E-state index contributed by atoms with van der Waals surface area (Å²) in [4.78, 5) is 1.22. The third-order valence-corrected chi connectivity index (χ3v) is 3.95. The molecule has 0 aliphatic heterocycles. The van der Waals surface area contributed by atoms with E-state index in [0.29, 0.717) is 6.61 Å². The average Bonchev–Trinajstić information content (AvgIpc) is 2.58. The minimum absolute atomic E-state index is 0.672. The molecule has 0 radical (unpaired) electrons. The van der Waals surface area contributed by atoms with Crippen LogP contribution in [0.5, 0.6) is 17.2 Å². The summed E-state index contributed by atoms with van der Waals surface area (Å²) in [5.41, 5.74) is 0. The van der Waals surface area contributed by atoms with Gasteiger partial charge in [-0.25, -0.2) is 0 Å². The van der Waals surface area contributed by atoms with Crippen molar-refractivity contribution in [1.82, 2.24) is 0 Å². The van der Waals surface area contributed by atoms with Gasteiger partial charge in [0.2, 0.25) is 0 Å². The summed E-state index contributed by atoms with van der Waals surface area (Å²) in [6, 6.07) is 15.8. The Balaban J connectivity index is 1.69. The molecule has 0 aromatic heterocycles. The van der Waals surface area contributed by atoms with Crippen LogP contribution in [0.4, 0.5) is 0 Å². The monoisotopic (exact) mass is 318 g/mol. The van der Waals surface area contributed by atoms with Crippen LogP contribution in [-0.2, 0) is 0 Å². The predicted molar refractivity (Wildman–Crippen MR) is 91.4 cm³/mol. The van der Waals surface area contributed by atoms with Crippen LogP contribution in [-0.4, -0.2) is 26.1 Å². The highest BCUT2D eigenvalue weighted by atomic mass is 32.2. The van der Waals surface area contributed by atoms with Gasteiger partial charge in [-0.2, -0.15) is 0 Å². The quantitative estimate of drug-likeness (QED) is 0.497. The van der Waals surface area contributed by atoms with Gasteiger partial charge in [0.1, 0.15) is 17.2 Å². The van der Waals surface area contributed by atoms with E-state index in [1.165, 1.54) is 4.90 Å². The van der Waals surface area contributed by atoms with Gasteiger partial charge in [-0.15, -0.1) is 11.8 Å². The Morgan fingerprint density at radius 1 is 0.773 bits per heavy atom. The highest BCUT2D eigenvalue weighted by molar-refractivity contribution is 7.99. The Morgan fingerprint density at radius 3 is 1.91 bits per heavy atom. The maximum Gasteiger partial charge on any atom is 0.119 e. The van der Waals surface area contributed by atoms with Gasteiger partial charge in [0.05, 0.1) is 20.3 Å². The molecule has 0 unspecified atom stereocenters. The molecule has 0 spiro atoms. The van der Waals surface area contributed by atoms with Crippen LogP contribution in [0.25, 0.3) is 0 Å². The molecule has 0 amide bonds. The fraction of sp³-hybridized carbons (Fsp3) is 0.333. The fourth-order valence-corrected chi connectivity index (χ4v) is 2.57. The Hall–Kier alpha value is -1.81. The summed E-state index contributed by atoms with van der Waals surface area (Å²) in [6.07, 6.45) is 1.03. The Morgan fingerprint density at radius 2 is 1.32 bits per heavy atom. The van der Waals surface area contributed by atoms with Crippen molar-refractivity contribution in [2.45, 2.75) is 18.2 Å². The normalized spacial score (nSPS) is 10.3. The SMILES string of the molecule is CCCOc1ccc(SCCOc2ccc(OC)cc2)cc1. The average molecular weight is 318 g/mol. The first-order valence-corrected chi connectivity index (χ1v) is 8.43. The number of hydrogen-bond donors (Lipinski definition) is 0. The van der Waals surface area contributed by atoms with Crippen LogP contribution in [0.15, 0.2) is 53.4 Å². The summed E-state index contributed by atoms with van der Waals surface area (Å²) in [5.74, 6) is 3.54.